The molecule has 0 bridgehead atoms. The fourth-order valence-corrected chi connectivity index (χ4v) is 3.14. The molecule has 2 N–H and O–H groups in total. The lowest BCUT2D eigenvalue weighted by molar-refractivity contribution is 0.0543. The van der Waals surface area contributed by atoms with E-state index < -0.39 is 0 Å². The molecule has 23 heavy (non-hydrogen) atoms. The van der Waals surface area contributed by atoms with E-state index in [2.05, 4.69) is 65.2 Å². The second-order valence-corrected chi connectivity index (χ2v) is 6.10. The van der Waals surface area contributed by atoms with Crippen LogP contribution in [0.4, 0.5) is 5.69 Å². The van der Waals surface area contributed by atoms with Gasteiger partial charge in [0.2, 0.25) is 0 Å². The first-order valence-corrected chi connectivity index (χ1v) is 8.01. The zero-order valence-electron chi connectivity index (χ0n) is 13.4. The molecule has 1 saturated heterocycles. The second-order valence-electron chi connectivity index (χ2n) is 6.10. The first kappa shape index (κ1) is 14.2. The smallest absolute Gasteiger partial charge is 0.107 e. The molecule has 1 fully saturated rings. The van der Waals surface area contributed by atoms with Crippen LogP contribution in [0.25, 0.3) is 16.7 Å². The largest absolute Gasteiger partial charge is 0.378 e. The van der Waals surface area contributed by atoms with Crippen LogP contribution in [-0.4, -0.2) is 36.2 Å². The summed E-state index contributed by atoms with van der Waals surface area (Å²) in [6.45, 7) is 9.69. The van der Waals surface area contributed by atoms with Gasteiger partial charge in [0.05, 0.1) is 24.6 Å². The SMILES string of the molecule is C=C1C=C(N2CCOCC2)Nc2c(-c3ccc(C)cc3)c[nH]c21. The van der Waals surface area contributed by atoms with E-state index in [9.17, 15) is 0 Å². The Morgan fingerprint density at radius 1 is 1.13 bits per heavy atom. The van der Waals surface area contributed by atoms with Crippen molar-refractivity contribution in [2.24, 2.45) is 0 Å². The number of nitrogens with zero attached hydrogens (tertiary/aromatic N) is 1. The number of allylic oxidation sites excluding steroid dienone is 2. The lowest BCUT2D eigenvalue weighted by atomic mass is 10.0. The minimum atomic E-state index is 0.774. The summed E-state index contributed by atoms with van der Waals surface area (Å²) < 4.78 is 5.45. The van der Waals surface area contributed by atoms with Crippen LogP contribution < -0.4 is 5.32 Å². The average Bonchev–Trinajstić information content (AvgIpc) is 3.01. The molecular formula is C19H21N3O. The predicted molar refractivity (Wildman–Crippen MR) is 94.1 cm³/mol. The number of nitrogens with one attached hydrogen (secondary N) is 2. The Labute approximate surface area is 136 Å². The van der Waals surface area contributed by atoms with Crippen LogP contribution in [0.15, 0.2) is 48.9 Å². The molecule has 2 aliphatic heterocycles. The van der Waals surface area contributed by atoms with Crippen molar-refractivity contribution in [2.45, 2.75) is 6.92 Å². The van der Waals surface area contributed by atoms with E-state index in [0.717, 1.165) is 49.1 Å². The molecule has 0 aliphatic carbocycles. The highest BCUT2D eigenvalue weighted by Crippen LogP contribution is 2.39. The van der Waals surface area contributed by atoms with E-state index in [0.29, 0.717) is 0 Å². The fourth-order valence-electron chi connectivity index (χ4n) is 3.14. The summed E-state index contributed by atoms with van der Waals surface area (Å²) in [7, 11) is 0. The summed E-state index contributed by atoms with van der Waals surface area (Å²) in [5.74, 6) is 1.11. The minimum absolute atomic E-state index is 0.774. The molecule has 4 rings (SSSR count). The quantitative estimate of drug-likeness (QED) is 0.890. The number of H-pyrrole nitrogens is 1. The van der Waals surface area contributed by atoms with Gasteiger partial charge in [0.25, 0.3) is 0 Å². The van der Waals surface area contributed by atoms with Gasteiger partial charge >= 0.3 is 0 Å². The molecule has 4 nitrogen and oxygen atoms in total. The molecule has 0 spiro atoms. The Bertz CT molecular complexity index is 764. The maximum atomic E-state index is 5.45. The van der Waals surface area contributed by atoms with E-state index in [4.69, 9.17) is 4.74 Å². The first-order valence-electron chi connectivity index (χ1n) is 8.01. The average molecular weight is 307 g/mol. The number of hydrogen-bond donors (Lipinski definition) is 2. The van der Waals surface area contributed by atoms with Crippen LogP contribution in [0.1, 0.15) is 11.3 Å². The summed E-state index contributed by atoms with van der Waals surface area (Å²) in [5, 5.41) is 3.60. The molecule has 0 amide bonds. The van der Waals surface area contributed by atoms with Gasteiger partial charge in [0, 0.05) is 24.8 Å². The Kier molecular flexibility index (Phi) is 3.46. The molecular weight excluding hydrogens is 286 g/mol. The highest BCUT2D eigenvalue weighted by molar-refractivity contribution is 5.92. The summed E-state index contributed by atoms with van der Waals surface area (Å²) in [6, 6.07) is 8.61. The maximum absolute atomic E-state index is 5.45. The number of anilines is 1. The number of aromatic nitrogens is 1. The van der Waals surface area contributed by atoms with E-state index in [1.54, 1.807) is 0 Å². The van der Waals surface area contributed by atoms with Crippen LogP contribution >= 0.6 is 0 Å². The summed E-state index contributed by atoms with van der Waals surface area (Å²) in [5.41, 5.74) is 6.85. The molecule has 0 atom stereocenters. The van der Waals surface area contributed by atoms with Gasteiger partial charge in [-0.05, 0) is 24.1 Å². The van der Waals surface area contributed by atoms with Crippen molar-refractivity contribution in [3.05, 3.63) is 60.2 Å². The van der Waals surface area contributed by atoms with E-state index >= 15 is 0 Å². The van der Waals surface area contributed by atoms with Crippen molar-refractivity contribution >= 4 is 11.3 Å². The van der Waals surface area contributed by atoms with Crippen molar-refractivity contribution in [2.75, 3.05) is 31.6 Å². The van der Waals surface area contributed by atoms with Gasteiger partial charge in [-0.3, -0.25) is 0 Å². The van der Waals surface area contributed by atoms with Gasteiger partial charge in [-0.25, -0.2) is 0 Å². The molecule has 118 valence electrons. The highest BCUT2D eigenvalue weighted by Gasteiger charge is 2.23. The topological polar surface area (TPSA) is 40.3 Å². The minimum Gasteiger partial charge on any atom is -0.378 e. The Hall–Kier alpha value is -2.46. The normalized spacial score (nSPS) is 17.5. The van der Waals surface area contributed by atoms with Crippen molar-refractivity contribution < 1.29 is 4.74 Å². The van der Waals surface area contributed by atoms with Crippen LogP contribution in [0, 0.1) is 6.92 Å². The van der Waals surface area contributed by atoms with E-state index in [1.165, 1.54) is 16.7 Å². The summed E-state index contributed by atoms with van der Waals surface area (Å²) in [4.78, 5) is 5.69. The lowest BCUT2D eigenvalue weighted by Crippen LogP contribution is -2.38. The molecule has 4 heteroatoms. The number of benzene rings is 1. The number of hydrogen-bond acceptors (Lipinski definition) is 3. The van der Waals surface area contributed by atoms with Crippen LogP contribution in [0.5, 0.6) is 0 Å². The molecule has 3 heterocycles. The lowest BCUT2D eigenvalue weighted by Gasteiger charge is -2.33. The number of morpholine rings is 1. The fraction of sp³-hybridized carbons (Fsp3) is 0.263. The molecule has 0 radical (unpaired) electrons. The number of fused-ring (bicyclic) bond motifs is 1. The van der Waals surface area contributed by atoms with Crippen molar-refractivity contribution in [3.63, 3.8) is 0 Å². The number of aryl methyl sites for hydroxylation is 1. The van der Waals surface area contributed by atoms with Crippen molar-refractivity contribution in [1.82, 2.24) is 9.88 Å². The zero-order chi connectivity index (χ0) is 15.8. The third-order valence-corrected chi connectivity index (χ3v) is 4.48. The van der Waals surface area contributed by atoms with Crippen molar-refractivity contribution in [3.8, 4) is 11.1 Å². The third kappa shape index (κ3) is 2.55. The molecule has 2 aliphatic rings. The molecule has 1 aromatic carbocycles. The number of aromatic amines is 1. The first-order chi connectivity index (χ1) is 11.2. The van der Waals surface area contributed by atoms with Gasteiger partial charge in [0.1, 0.15) is 5.82 Å². The van der Waals surface area contributed by atoms with Crippen LogP contribution in [0.2, 0.25) is 0 Å². The standard InChI is InChI=1S/C19H21N3O/c1-13-3-5-15(6-4-13)16-12-20-18-14(2)11-17(21-19(16)18)22-7-9-23-10-8-22/h3-6,11-12,20-21H,2,7-10H2,1H3. The molecule has 1 aromatic heterocycles. The van der Waals surface area contributed by atoms with Crippen molar-refractivity contribution in [1.29, 1.82) is 0 Å². The Morgan fingerprint density at radius 2 is 1.87 bits per heavy atom. The summed E-state index contributed by atoms with van der Waals surface area (Å²) >= 11 is 0. The third-order valence-electron chi connectivity index (χ3n) is 4.48. The van der Waals surface area contributed by atoms with Crippen LogP contribution in [0.3, 0.4) is 0 Å². The van der Waals surface area contributed by atoms with E-state index in [-0.39, 0.29) is 0 Å². The summed E-state index contributed by atoms with van der Waals surface area (Å²) in [6.07, 6.45) is 4.17. The van der Waals surface area contributed by atoms with Gasteiger partial charge in [0.15, 0.2) is 0 Å². The number of rotatable bonds is 2. The Morgan fingerprint density at radius 3 is 2.61 bits per heavy atom. The predicted octanol–water partition coefficient (Wildman–Crippen LogP) is 3.60. The number of ether oxygens (including phenoxy) is 1. The second kappa shape index (κ2) is 5.63. The Balaban J connectivity index is 1.69. The molecule has 2 aromatic rings. The van der Waals surface area contributed by atoms with E-state index in [1.807, 2.05) is 0 Å². The van der Waals surface area contributed by atoms with Crippen LogP contribution in [-0.2, 0) is 4.74 Å². The monoisotopic (exact) mass is 307 g/mol. The van der Waals surface area contributed by atoms with Gasteiger partial charge in [-0.2, -0.15) is 0 Å². The van der Waals surface area contributed by atoms with Gasteiger partial charge in [-0.1, -0.05) is 36.4 Å². The molecule has 0 unspecified atom stereocenters. The highest BCUT2D eigenvalue weighted by atomic mass is 16.5. The van der Waals surface area contributed by atoms with Gasteiger partial charge < -0.3 is 19.9 Å². The molecule has 0 saturated carbocycles. The zero-order valence-corrected chi connectivity index (χ0v) is 13.4. The maximum Gasteiger partial charge on any atom is 0.107 e. The van der Waals surface area contributed by atoms with Gasteiger partial charge in [-0.15, -0.1) is 0 Å².